The van der Waals surface area contributed by atoms with Crippen molar-refractivity contribution < 1.29 is 28.6 Å². The second-order valence-corrected chi connectivity index (χ2v) is 9.90. The highest BCUT2D eigenvalue weighted by Crippen LogP contribution is 2.25. The van der Waals surface area contributed by atoms with Crippen LogP contribution in [0.15, 0.2) is 24.3 Å². The lowest BCUT2D eigenvalue weighted by molar-refractivity contribution is -0.00667. The summed E-state index contributed by atoms with van der Waals surface area (Å²) in [7, 11) is 0. The normalized spacial score (nSPS) is 12.1. The Labute approximate surface area is 179 Å². The van der Waals surface area contributed by atoms with Crippen LogP contribution < -0.4 is 5.01 Å². The number of rotatable bonds is 1. The quantitative estimate of drug-likeness (QED) is 0.418. The number of carbonyl (C=O) groups excluding carboxylic acids is 3. The number of carbonyl (C=O) groups is 3. The third kappa shape index (κ3) is 8.31. The van der Waals surface area contributed by atoms with Crippen molar-refractivity contribution in [3.8, 4) is 0 Å². The predicted molar refractivity (Wildman–Crippen MR) is 114 cm³/mol. The van der Waals surface area contributed by atoms with E-state index in [0.717, 1.165) is 10.6 Å². The smallest absolute Gasteiger partial charge is 0.440 e. The van der Waals surface area contributed by atoms with Crippen molar-refractivity contribution in [3.05, 3.63) is 29.8 Å². The van der Waals surface area contributed by atoms with Gasteiger partial charge in [0.2, 0.25) is 0 Å². The second kappa shape index (κ2) is 8.93. The summed E-state index contributed by atoms with van der Waals surface area (Å²) >= 11 is 0. The molecule has 0 N–H and O–H groups in total. The van der Waals surface area contributed by atoms with Crippen LogP contribution >= 0.6 is 0 Å². The lowest BCUT2D eigenvalue weighted by atomic mass is 10.2. The fourth-order valence-electron chi connectivity index (χ4n) is 2.14. The molecular formula is C22H34N2O6. The van der Waals surface area contributed by atoms with E-state index < -0.39 is 35.1 Å². The average Bonchev–Trinajstić information content (AvgIpc) is 2.47. The van der Waals surface area contributed by atoms with E-state index in [9.17, 15) is 14.4 Å². The maximum atomic E-state index is 13.1. The highest BCUT2D eigenvalue weighted by Gasteiger charge is 2.41. The van der Waals surface area contributed by atoms with E-state index in [1.165, 1.54) is 0 Å². The Hall–Kier alpha value is -2.77. The average molecular weight is 423 g/mol. The van der Waals surface area contributed by atoms with Gasteiger partial charge in [0.25, 0.3) is 0 Å². The molecule has 0 aliphatic rings. The number of anilines is 1. The lowest BCUT2D eigenvalue weighted by Gasteiger charge is -2.35. The summed E-state index contributed by atoms with van der Waals surface area (Å²) in [5.74, 6) is 0. The molecule has 0 bridgehead atoms. The van der Waals surface area contributed by atoms with Gasteiger partial charge in [0, 0.05) is 0 Å². The number of imide groups is 1. The third-order valence-corrected chi connectivity index (χ3v) is 3.18. The molecule has 0 aliphatic carbocycles. The summed E-state index contributed by atoms with van der Waals surface area (Å²) in [4.78, 5) is 39.1. The molecule has 0 aliphatic heterocycles. The van der Waals surface area contributed by atoms with Crippen LogP contribution in [0, 0.1) is 6.92 Å². The summed E-state index contributed by atoms with van der Waals surface area (Å²) in [6.07, 6.45) is -3.06. The van der Waals surface area contributed by atoms with Crippen LogP contribution in [0.4, 0.5) is 20.1 Å². The van der Waals surface area contributed by atoms with Gasteiger partial charge in [-0.05, 0) is 81.4 Å². The Balaban J connectivity index is 3.55. The molecule has 168 valence electrons. The SMILES string of the molecule is Cc1ccc(N(C(=O)OC(C)(C)C)N(C(=O)OC(C)(C)C)C(=O)OC(C)(C)C)cc1. The standard InChI is InChI=1S/C22H34N2O6/c1-15-11-13-16(14-12-15)23(17(25)28-20(2,3)4)24(18(26)29-21(5,6)7)19(27)30-22(8,9)10/h11-14H,1-10H3. The van der Waals surface area contributed by atoms with Crippen LogP contribution in [0.5, 0.6) is 0 Å². The Morgan fingerprint density at radius 1 is 0.633 bits per heavy atom. The Kier molecular flexibility index (Phi) is 7.52. The molecule has 30 heavy (non-hydrogen) atoms. The number of hydrogen-bond donors (Lipinski definition) is 0. The van der Waals surface area contributed by atoms with Gasteiger partial charge in [-0.1, -0.05) is 17.7 Å². The van der Waals surface area contributed by atoms with Gasteiger partial charge in [0.15, 0.2) is 0 Å². The maximum Gasteiger partial charge on any atom is 0.440 e. The predicted octanol–water partition coefficient (Wildman–Crippen LogP) is 5.82. The zero-order valence-electron chi connectivity index (χ0n) is 19.7. The fourth-order valence-corrected chi connectivity index (χ4v) is 2.14. The first kappa shape index (κ1) is 25.3. The maximum absolute atomic E-state index is 13.1. The van der Waals surface area contributed by atoms with Crippen molar-refractivity contribution in [2.24, 2.45) is 0 Å². The highest BCUT2D eigenvalue weighted by molar-refractivity contribution is 5.99. The number of ether oxygens (including phenoxy) is 3. The number of hydrazine groups is 1. The van der Waals surface area contributed by atoms with Gasteiger partial charge in [-0.15, -0.1) is 5.01 Å². The number of benzene rings is 1. The van der Waals surface area contributed by atoms with Gasteiger partial charge >= 0.3 is 18.3 Å². The molecular weight excluding hydrogens is 388 g/mol. The van der Waals surface area contributed by atoms with Crippen molar-refractivity contribution in [2.75, 3.05) is 5.01 Å². The number of amides is 3. The second-order valence-electron chi connectivity index (χ2n) is 9.90. The molecule has 0 heterocycles. The van der Waals surface area contributed by atoms with Gasteiger partial charge in [-0.25, -0.2) is 14.4 Å². The molecule has 0 aromatic heterocycles. The lowest BCUT2D eigenvalue weighted by Crippen LogP contribution is -2.56. The molecule has 3 amide bonds. The summed E-state index contributed by atoms with van der Waals surface area (Å²) in [5, 5.41) is 1.35. The fraction of sp³-hybridized carbons (Fsp3) is 0.591. The van der Waals surface area contributed by atoms with E-state index in [1.807, 2.05) is 6.92 Å². The first-order chi connectivity index (χ1) is 13.4. The van der Waals surface area contributed by atoms with E-state index in [4.69, 9.17) is 14.2 Å². The van der Waals surface area contributed by atoms with Crippen molar-refractivity contribution in [2.45, 2.75) is 86.0 Å². The van der Waals surface area contributed by atoms with Gasteiger partial charge in [0.1, 0.15) is 16.8 Å². The molecule has 0 fully saturated rings. The minimum absolute atomic E-state index is 0.242. The molecule has 0 spiro atoms. The van der Waals surface area contributed by atoms with Crippen LogP contribution in [0.2, 0.25) is 0 Å². The zero-order chi connectivity index (χ0) is 23.5. The number of nitrogens with zero attached hydrogens (tertiary/aromatic N) is 2. The van der Waals surface area contributed by atoms with Crippen LogP contribution in [0.25, 0.3) is 0 Å². The molecule has 8 nitrogen and oxygen atoms in total. The zero-order valence-corrected chi connectivity index (χ0v) is 19.7. The van der Waals surface area contributed by atoms with Gasteiger partial charge in [-0.3, -0.25) is 0 Å². The highest BCUT2D eigenvalue weighted by atomic mass is 16.6. The molecule has 1 rings (SSSR count). The molecule has 0 saturated heterocycles. The summed E-state index contributed by atoms with van der Waals surface area (Å²) < 4.78 is 16.2. The molecule has 0 saturated carbocycles. The minimum atomic E-state index is -1.07. The summed E-state index contributed by atoms with van der Waals surface area (Å²) in [5.41, 5.74) is -1.52. The number of aryl methyl sites for hydroxylation is 1. The summed E-state index contributed by atoms with van der Waals surface area (Å²) in [6.45, 7) is 16.9. The van der Waals surface area contributed by atoms with Crippen molar-refractivity contribution in [3.63, 3.8) is 0 Å². The van der Waals surface area contributed by atoms with Crippen molar-refractivity contribution in [1.82, 2.24) is 5.01 Å². The molecule has 0 atom stereocenters. The van der Waals surface area contributed by atoms with Crippen molar-refractivity contribution >= 4 is 24.0 Å². The molecule has 0 unspecified atom stereocenters. The van der Waals surface area contributed by atoms with Crippen LogP contribution in [-0.4, -0.2) is 40.1 Å². The van der Waals surface area contributed by atoms with Crippen molar-refractivity contribution in [1.29, 1.82) is 0 Å². The van der Waals surface area contributed by atoms with Crippen LogP contribution in [0.3, 0.4) is 0 Å². The van der Waals surface area contributed by atoms with Crippen LogP contribution in [0.1, 0.15) is 67.9 Å². The molecule has 0 radical (unpaired) electrons. The largest absolute Gasteiger partial charge is 0.442 e. The first-order valence-corrected chi connectivity index (χ1v) is 9.75. The Morgan fingerprint density at radius 2 is 0.967 bits per heavy atom. The van der Waals surface area contributed by atoms with Gasteiger partial charge < -0.3 is 14.2 Å². The first-order valence-electron chi connectivity index (χ1n) is 9.75. The Morgan fingerprint density at radius 3 is 1.30 bits per heavy atom. The van der Waals surface area contributed by atoms with Gasteiger partial charge in [-0.2, -0.15) is 5.01 Å². The molecule has 1 aromatic carbocycles. The topological polar surface area (TPSA) is 85.4 Å². The van der Waals surface area contributed by atoms with E-state index >= 15 is 0 Å². The minimum Gasteiger partial charge on any atom is -0.442 e. The van der Waals surface area contributed by atoms with Gasteiger partial charge in [0.05, 0.1) is 5.69 Å². The number of hydrogen-bond acceptors (Lipinski definition) is 6. The summed E-state index contributed by atoms with van der Waals surface area (Å²) in [6, 6.07) is 6.69. The van der Waals surface area contributed by atoms with Crippen LogP contribution in [-0.2, 0) is 14.2 Å². The monoisotopic (exact) mass is 422 g/mol. The van der Waals surface area contributed by atoms with E-state index in [0.29, 0.717) is 5.01 Å². The Bertz CT molecular complexity index is 739. The third-order valence-electron chi connectivity index (χ3n) is 3.18. The molecule has 8 heteroatoms. The molecule has 1 aromatic rings. The van der Waals surface area contributed by atoms with E-state index in [-0.39, 0.29) is 5.69 Å². The van der Waals surface area contributed by atoms with E-state index in [1.54, 1.807) is 86.6 Å². The van der Waals surface area contributed by atoms with E-state index in [2.05, 4.69) is 0 Å².